The first kappa shape index (κ1) is 24.1. The van der Waals surface area contributed by atoms with Crippen molar-refractivity contribution in [2.75, 3.05) is 30.5 Å². The molecule has 0 spiro atoms. The Morgan fingerprint density at radius 1 is 0.943 bits per heavy atom. The van der Waals surface area contributed by atoms with Gasteiger partial charge < -0.3 is 14.7 Å². The number of benzene rings is 3. The van der Waals surface area contributed by atoms with E-state index in [9.17, 15) is 14.7 Å². The summed E-state index contributed by atoms with van der Waals surface area (Å²) in [6.07, 6.45) is 0. The van der Waals surface area contributed by atoms with Gasteiger partial charge in [-0.05, 0) is 60.0 Å². The number of rotatable bonds is 7. The molecule has 1 heterocycles. The number of ether oxygens (including phenoxy) is 1. The molecule has 0 bridgehead atoms. The molecule has 35 heavy (non-hydrogen) atoms. The van der Waals surface area contributed by atoms with E-state index in [2.05, 4.69) is 13.8 Å². The van der Waals surface area contributed by atoms with Gasteiger partial charge in [0.1, 0.15) is 11.5 Å². The van der Waals surface area contributed by atoms with Crippen molar-refractivity contribution in [3.63, 3.8) is 0 Å². The van der Waals surface area contributed by atoms with Crippen molar-refractivity contribution < 1.29 is 19.4 Å². The normalized spacial score (nSPS) is 17.2. The Morgan fingerprint density at radius 2 is 1.57 bits per heavy atom. The van der Waals surface area contributed by atoms with Gasteiger partial charge in [0.15, 0.2) is 0 Å². The summed E-state index contributed by atoms with van der Waals surface area (Å²) in [5, 5.41) is 11.3. The van der Waals surface area contributed by atoms with E-state index in [0.717, 1.165) is 11.3 Å². The molecule has 0 saturated carbocycles. The summed E-state index contributed by atoms with van der Waals surface area (Å²) in [5.41, 5.74) is 2.81. The first-order chi connectivity index (χ1) is 16.8. The Hall–Kier alpha value is -4.06. The van der Waals surface area contributed by atoms with E-state index in [0.29, 0.717) is 29.5 Å². The fraction of sp³-hybridized carbons (Fsp3) is 0.241. The second-order valence-electron chi connectivity index (χ2n) is 9.22. The minimum Gasteiger partial charge on any atom is -0.507 e. The van der Waals surface area contributed by atoms with E-state index in [1.807, 2.05) is 73.6 Å². The highest BCUT2D eigenvalue weighted by Gasteiger charge is 2.46. The number of anilines is 2. The molecular weight excluding hydrogens is 440 g/mol. The molecule has 4 rings (SSSR count). The molecule has 3 aromatic rings. The van der Waals surface area contributed by atoms with E-state index in [1.54, 1.807) is 24.3 Å². The van der Waals surface area contributed by atoms with E-state index >= 15 is 0 Å². The van der Waals surface area contributed by atoms with Gasteiger partial charge in [0.2, 0.25) is 0 Å². The number of hydrogen-bond acceptors (Lipinski definition) is 5. The van der Waals surface area contributed by atoms with E-state index < -0.39 is 17.7 Å². The van der Waals surface area contributed by atoms with Gasteiger partial charge in [0, 0.05) is 31.0 Å². The van der Waals surface area contributed by atoms with Gasteiger partial charge in [0.25, 0.3) is 11.7 Å². The Morgan fingerprint density at radius 3 is 2.14 bits per heavy atom. The molecule has 3 aromatic carbocycles. The molecule has 6 nitrogen and oxygen atoms in total. The van der Waals surface area contributed by atoms with Crippen LogP contribution in [0.1, 0.15) is 31.0 Å². The lowest BCUT2D eigenvalue weighted by molar-refractivity contribution is -0.132. The van der Waals surface area contributed by atoms with Gasteiger partial charge in [-0.2, -0.15) is 0 Å². The van der Waals surface area contributed by atoms with Crippen LogP contribution in [0.3, 0.4) is 0 Å². The fourth-order valence-electron chi connectivity index (χ4n) is 4.09. The molecule has 180 valence electrons. The smallest absolute Gasteiger partial charge is 0.300 e. The molecule has 1 amide bonds. The number of carbonyl (C=O) groups is 2. The fourth-order valence-corrected chi connectivity index (χ4v) is 4.09. The summed E-state index contributed by atoms with van der Waals surface area (Å²) in [6.45, 7) is 4.71. The van der Waals surface area contributed by atoms with Gasteiger partial charge in [-0.15, -0.1) is 0 Å². The Bertz CT molecular complexity index is 1230. The highest BCUT2D eigenvalue weighted by Crippen LogP contribution is 2.42. The van der Waals surface area contributed by atoms with Gasteiger partial charge in [-0.3, -0.25) is 14.5 Å². The zero-order valence-corrected chi connectivity index (χ0v) is 20.4. The van der Waals surface area contributed by atoms with E-state index in [4.69, 9.17) is 4.74 Å². The maximum absolute atomic E-state index is 13.3. The Kier molecular flexibility index (Phi) is 6.92. The first-order valence-corrected chi connectivity index (χ1v) is 11.6. The monoisotopic (exact) mass is 470 g/mol. The maximum Gasteiger partial charge on any atom is 0.300 e. The summed E-state index contributed by atoms with van der Waals surface area (Å²) < 4.78 is 5.73. The van der Waals surface area contributed by atoms with Crippen LogP contribution in [0.4, 0.5) is 11.4 Å². The average Bonchev–Trinajstić information content (AvgIpc) is 3.13. The number of amides is 1. The van der Waals surface area contributed by atoms with Crippen molar-refractivity contribution in [2.24, 2.45) is 5.92 Å². The van der Waals surface area contributed by atoms with Crippen LogP contribution in [0, 0.1) is 5.92 Å². The minimum absolute atomic E-state index is 0.0636. The van der Waals surface area contributed by atoms with Crippen molar-refractivity contribution >= 4 is 28.8 Å². The summed E-state index contributed by atoms with van der Waals surface area (Å²) in [7, 11) is 3.87. The second-order valence-corrected chi connectivity index (χ2v) is 9.22. The third-order valence-electron chi connectivity index (χ3n) is 5.92. The maximum atomic E-state index is 13.3. The molecule has 0 aliphatic carbocycles. The number of aliphatic hydroxyl groups excluding tert-OH is 1. The largest absolute Gasteiger partial charge is 0.507 e. The number of carbonyl (C=O) groups excluding carboxylic acids is 2. The highest BCUT2D eigenvalue weighted by atomic mass is 16.5. The van der Waals surface area contributed by atoms with E-state index in [-0.39, 0.29) is 11.3 Å². The standard InChI is InChI=1S/C29H30N2O4/c1-19(2)18-35-24-16-10-21(11-17-24)27(32)25-26(20-8-6-5-7-9-20)31(29(34)28(25)33)23-14-12-22(13-15-23)30(3)4/h5-17,19,26,32H,18H2,1-4H3/b27-25+. The van der Waals surface area contributed by atoms with Crippen LogP contribution in [0.2, 0.25) is 0 Å². The van der Waals surface area contributed by atoms with Crippen LogP contribution in [0.15, 0.2) is 84.4 Å². The summed E-state index contributed by atoms with van der Waals surface area (Å²) in [5.74, 6) is -0.531. The number of aliphatic hydroxyl groups is 1. The highest BCUT2D eigenvalue weighted by molar-refractivity contribution is 6.51. The quantitative estimate of drug-likeness (QED) is 0.284. The molecule has 1 saturated heterocycles. The molecule has 1 N–H and O–H groups in total. The minimum atomic E-state index is -0.752. The van der Waals surface area contributed by atoms with Crippen LogP contribution in [-0.2, 0) is 9.59 Å². The second kappa shape index (κ2) is 10.1. The number of ketones is 1. The van der Waals surface area contributed by atoms with Gasteiger partial charge >= 0.3 is 0 Å². The predicted molar refractivity (Wildman–Crippen MR) is 139 cm³/mol. The zero-order chi connectivity index (χ0) is 25.1. The number of Topliss-reactive ketones (excluding diaryl/α,β-unsaturated/α-hetero) is 1. The van der Waals surface area contributed by atoms with Crippen molar-refractivity contribution in [1.82, 2.24) is 0 Å². The zero-order valence-electron chi connectivity index (χ0n) is 20.4. The third-order valence-corrected chi connectivity index (χ3v) is 5.92. The lowest BCUT2D eigenvalue weighted by Crippen LogP contribution is -2.29. The first-order valence-electron chi connectivity index (χ1n) is 11.6. The van der Waals surface area contributed by atoms with Crippen LogP contribution >= 0.6 is 0 Å². The van der Waals surface area contributed by atoms with E-state index in [1.165, 1.54) is 4.90 Å². The van der Waals surface area contributed by atoms with Gasteiger partial charge in [-0.25, -0.2) is 0 Å². The average molecular weight is 471 g/mol. The molecule has 1 unspecified atom stereocenters. The molecule has 0 aromatic heterocycles. The van der Waals surface area contributed by atoms with Crippen LogP contribution in [0.25, 0.3) is 5.76 Å². The Balaban J connectivity index is 1.78. The summed E-state index contributed by atoms with van der Waals surface area (Å²) in [6, 6.07) is 22.9. The van der Waals surface area contributed by atoms with Crippen molar-refractivity contribution in [2.45, 2.75) is 19.9 Å². The summed E-state index contributed by atoms with van der Waals surface area (Å²) in [4.78, 5) is 29.9. The lowest BCUT2D eigenvalue weighted by Gasteiger charge is -2.26. The lowest BCUT2D eigenvalue weighted by atomic mass is 9.95. The summed E-state index contributed by atoms with van der Waals surface area (Å²) >= 11 is 0. The van der Waals surface area contributed by atoms with Crippen LogP contribution in [0.5, 0.6) is 5.75 Å². The van der Waals surface area contributed by atoms with Crippen LogP contribution in [-0.4, -0.2) is 37.5 Å². The molecule has 1 aliphatic heterocycles. The van der Waals surface area contributed by atoms with Gasteiger partial charge in [0.05, 0.1) is 18.2 Å². The van der Waals surface area contributed by atoms with Crippen molar-refractivity contribution in [1.29, 1.82) is 0 Å². The molecule has 0 radical (unpaired) electrons. The predicted octanol–water partition coefficient (Wildman–Crippen LogP) is 5.41. The van der Waals surface area contributed by atoms with Crippen molar-refractivity contribution in [3.05, 3.63) is 95.6 Å². The molecule has 1 atom stereocenters. The molecular formula is C29H30N2O4. The molecule has 1 aliphatic rings. The van der Waals surface area contributed by atoms with Crippen molar-refractivity contribution in [3.8, 4) is 5.75 Å². The van der Waals surface area contributed by atoms with Gasteiger partial charge in [-0.1, -0.05) is 44.2 Å². The molecule has 1 fully saturated rings. The Labute approximate surface area is 206 Å². The third kappa shape index (κ3) is 4.92. The number of nitrogens with zero attached hydrogens (tertiary/aromatic N) is 2. The topological polar surface area (TPSA) is 70.1 Å². The SMILES string of the molecule is CC(C)COc1ccc(/C(O)=C2\C(=O)C(=O)N(c3ccc(N(C)C)cc3)C2c2ccccc2)cc1. The molecule has 6 heteroatoms. The number of hydrogen-bond donors (Lipinski definition) is 1. The van der Waals surface area contributed by atoms with Crippen LogP contribution < -0.4 is 14.5 Å².